The molecule has 3 N–H and O–H groups in total. The van der Waals surface area contributed by atoms with Crippen molar-refractivity contribution in [2.24, 2.45) is 0 Å². The lowest BCUT2D eigenvalue weighted by atomic mass is 10.2. The molecular formula is C14H23N3O4. The van der Waals surface area contributed by atoms with Gasteiger partial charge in [-0.3, -0.25) is 9.59 Å². The zero-order chi connectivity index (χ0) is 16.1. The Morgan fingerprint density at radius 2 is 2.05 bits per heavy atom. The molecule has 0 saturated carbocycles. The molecule has 0 fully saturated rings. The standard InChI is InChI=1S/C14H23N3O4/c1-11(2)21-8-4-6-16-10-12(9-15)14(20)17-7-3-5-13(18)19/h10-11,16H,3-8H2,1-2H3,(H,17,20)(H,18,19)/b12-10-. The van der Waals surface area contributed by atoms with Crippen LogP contribution in [0.3, 0.4) is 0 Å². The number of carbonyl (C=O) groups is 2. The molecule has 0 aromatic rings. The molecule has 0 unspecified atom stereocenters. The zero-order valence-corrected chi connectivity index (χ0v) is 12.5. The van der Waals surface area contributed by atoms with Crippen LogP contribution in [0.25, 0.3) is 0 Å². The quantitative estimate of drug-likeness (QED) is 0.295. The van der Waals surface area contributed by atoms with E-state index in [1.165, 1.54) is 6.20 Å². The fourth-order valence-electron chi connectivity index (χ4n) is 1.35. The molecule has 1 amide bonds. The van der Waals surface area contributed by atoms with Gasteiger partial charge in [0.1, 0.15) is 11.6 Å². The Kier molecular flexibility index (Phi) is 10.6. The molecular weight excluding hydrogens is 274 g/mol. The van der Waals surface area contributed by atoms with Gasteiger partial charge in [-0.05, 0) is 26.7 Å². The monoisotopic (exact) mass is 297 g/mol. The molecule has 0 aromatic carbocycles. The Labute approximate surface area is 125 Å². The molecule has 0 heterocycles. The third-order valence-corrected chi connectivity index (χ3v) is 2.38. The summed E-state index contributed by atoms with van der Waals surface area (Å²) in [6.07, 6.45) is 2.64. The van der Waals surface area contributed by atoms with E-state index in [4.69, 9.17) is 15.1 Å². The number of amides is 1. The van der Waals surface area contributed by atoms with Crippen LogP contribution in [0, 0.1) is 11.3 Å². The summed E-state index contributed by atoms with van der Waals surface area (Å²) in [4.78, 5) is 21.9. The zero-order valence-electron chi connectivity index (χ0n) is 12.5. The Morgan fingerprint density at radius 3 is 2.62 bits per heavy atom. The van der Waals surface area contributed by atoms with Crippen molar-refractivity contribution in [3.63, 3.8) is 0 Å². The molecule has 0 atom stereocenters. The second-order valence-corrected chi connectivity index (χ2v) is 4.65. The number of nitriles is 1. The van der Waals surface area contributed by atoms with Gasteiger partial charge in [-0.1, -0.05) is 0 Å². The summed E-state index contributed by atoms with van der Waals surface area (Å²) in [7, 11) is 0. The number of hydrogen-bond acceptors (Lipinski definition) is 5. The van der Waals surface area contributed by atoms with Crippen LogP contribution in [0.2, 0.25) is 0 Å². The Bertz CT molecular complexity index is 400. The number of carboxylic acids is 1. The molecule has 7 heteroatoms. The van der Waals surface area contributed by atoms with E-state index < -0.39 is 11.9 Å². The van der Waals surface area contributed by atoms with Gasteiger partial charge in [-0.15, -0.1) is 0 Å². The maximum atomic E-state index is 11.6. The summed E-state index contributed by atoms with van der Waals surface area (Å²) in [5.74, 6) is -1.42. The van der Waals surface area contributed by atoms with Crippen LogP contribution in [0.4, 0.5) is 0 Å². The van der Waals surface area contributed by atoms with Crippen molar-refractivity contribution in [3.05, 3.63) is 11.8 Å². The van der Waals surface area contributed by atoms with Gasteiger partial charge in [0.15, 0.2) is 0 Å². The highest BCUT2D eigenvalue weighted by atomic mass is 16.5. The lowest BCUT2D eigenvalue weighted by molar-refractivity contribution is -0.137. The summed E-state index contributed by atoms with van der Waals surface area (Å²) in [5.41, 5.74) is -0.0323. The number of nitrogens with one attached hydrogen (secondary N) is 2. The van der Waals surface area contributed by atoms with Crippen LogP contribution in [0.5, 0.6) is 0 Å². The second kappa shape index (κ2) is 11.7. The van der Waals surface area contributed by atoms with Gasteiger partial charge in [0, 0.05) is 32.3 Å². The fraction of sp³-hybridized carbons (Fsp3) is 0.643. The van der Waals surface area contributed by atoms with E-state index in [9.17, 15) is 9.59 Å². The summed E-state index contributed by atoms with van der Waals surface area (Å²) in [6.45, 7) is 5.35. The van der Waals surface area contributed by atoms with Gasteiger partial charge in [-0.2, -0.15) is 5.26 Å². The van der Waals surface area contributed by atoms with Crippen LogP contribution < -0.4 is 10.6 Å². The lowest BCUT2D eigenvalue weighted by Crippen LogP contribution is -2.27. The third-order valence-electron chi connectivity index (χ3n) is 2.38. The number of carboxylic acid groups (broad SMARTS) is 1. The summed E-state index contributed by atoms with van der Waals surface area (Å²) in [6, 6.07) is 1.80. The van der Waals surface area contributed by atoms with Gasteiger partial charge in [0.05, 0.1) is 6.10 Å². The largest absolute Gasteiger partial charge is 0.481 e. The van der Waals surface area contributed by atoms with Crippen LogP contribution in [-0.4, -0.2) is 42.8 Å². The van der Waals surface area contributed by atoms with E-state index in [0.717, 1.165) is 6.42 Å². The number of aliphatic carboxylic acids is 1. The highest BCUT2D eigenvalue weighted by Crippen LogP contribution is 1.93. The topological polar surface area (TPSA) is 111 Å². The molecule has 0 aliphatic rings. The van der Waals surface area contributed by atoms with E-state index in [0.29, 0.717) is 19.6 Å². The van der Waals surface area contributed by atoms with Crippen molar-refractivity contribution < 1.29 is 19.4 Å². The minimum absolute atomic E-state index is 0.0139. The molecule has 0 aliphatic heterocycles. The number of hydrogen-bond donors (Lipinski definition) is 3. The molecule has 0 aromatic heterocycles. The maximum absolute atomic E-state index is 11.6. The Hall–Kier alpha value is -2.07. The highest BCUT2D eigenvalue weighted by Gasteiger charge is 2.08. The van der Waals surface area contributed by atoms with Crippen LogP contribution in [0.1, 0.15) is 33.1 Å². The van der Waals surface area contributed by atoms with Crippen molar-refractivity contribution in [2.45, 2.75) is 39.2 Å². The fourth-order valence-corrected chi connectivity index (χ4v) is 1.35. The van der Waals surface area contributed by atoms with Crippen molar-refractivity contribution in [3.8, 4) is 6.07 Å². The molecule has 7 nitrogen and oxygen atoms in total. The molecule has 0 bridgehead atoms. The first kappa shape index (κ1) is 18.9. The SMILES string of the molecule is CC(C)OCCCN/C=C(/C#N)C(=O)NCCCC(=O)O. The Balaban J connectivity index is 3.90. The first-order valence-corrected chi connectivity index (χ1v) is 6.92. The number of ether oxygens (including phenoxy) is 1. The predicted molar refractivity (Wildman–Crippen MR) is 77.3 cm³/mol. The number of rotatable bonds is 11. The van der Waals surface area contributed by atoms with Crippen LogP contribution in [0.15, 0.2) is 11.8 Å². The minimum Gasteiger partial charge on any atom is -0.481 e. The molecule has 0 spiro atoms. The summed E-state index contributed by atoms with van der Waals surface area (Å²) in [5, 5.41) is 22.7. The average molecular weight is 297 g/mol. The predicted octanol–water partition coefficient (Wildman–Crippen LogP) is 0.780. The summed E-state index contributed by atoms with van der Waals surface area (Å²) < 4.78 is 5.35. The van der Waals surface area contributed by atoms with E-state index in [1.807, 2.05) is 13.8 Å². The van der Waals surface area contributed by atoms with E-state index >= 15 is 0 Å². The minimum atomic E-state index is -0.911. The molecule has 0 radical (unpaired) electrons. The van der Waals surface area contributed by atoms with Crippen molar-refractivity contribution in [2.75, 3.05) is 19.7 Å². The first-order chi connectivity index (χ1) is 9.97. The van der Waals surface area contributed by atoms with Gasteiger partial charge in [0.25, 0.3) is 5.91 Å². The van der Waals surface area contributed by atoms with E-state index in [1.54, 1.807) is 6.07 Å². The van der Waals surface area contributed by atoms with Gasteiger partial charge >= 0.3 is 5.97 Å². The maximum Gasteiger partial charge on any atom is 0.303 e. The van der Waals surface area contributed by atoms with E-state index in [2.05, 4.69) is 10.6 Å². The van der Waals surface area contributed by atoms with Crippen molar-refractivity contribution >= 4 is 11.9 Å². The molecule has 118 valence electrons. The number of nitrogens with zero attached hydrogens (tertiary/aromatic N) is 1. The normalized spacial score (nSPS) is 11.0. The average Bonchev–Trinajstić information content (AvgIpc) is 2.42. The first-order valence-electron chi connectivity index (χ1n) is 6.92. The molecule has 0 aliphatic carbocycles. The lowest BCUT2D eigenvalue weighted by Gasteiger charge is -2.07. The van der Waals surface area contributed by atoms with Crippen LogP contribution in [-0.2, 0) is 14.3 Å². The van der Waals surface area contributed by atoms with Gasteiger partial charge in [-0.25, -0.2) is 0 Å². The van der Waals surface area contributed by atoms with Gasteiger partial charge < -0.3 is 20.5 Å². The molecule has 0 saturated heterocycles. The molecule has 21 heavy (non-hydrogen) atoms. The smallest absolute Gasteiger partial charge is 0.303 e. The van der Waals surface area contributed by atoms with Crippen LogP contribution >= 0.6 is 0 Å². The number of carbonyl (C=O) groups excluding carboxylic acids is 1. The van der Waals surface area contributed by atoms with E-state index in [-0.39, 0.29) is 24.6 Å². The highest BCUT2D eigenvalue weighted by molar-refractivity contribution is 5.97. The van der Waals surface area contributed by atoms with Crippen molar-refractivity contribution in [1.82, 2.24) is 10.6 Å². The Morgan fingerprint density at radius 1 is 1.33 bits per heavy atom. The molecule has 0 rings (SSSR count). The van der Waals surface area contributed by atoms with Gasteiger partial charge in [0.2, 0.25) is 0 Å². The van der Waals surface area contributed by atoms with Crippen molar-refractivity contribution in [1.29, 1.82) is 5.26 Å². The second-order valence-electron chi connectivity index (χ2n) is 4.65. The summed E-state index contributed by atoms with van der Waals surface area (Å²) >= 11 is 0. The third kappa shape index (κ3) is 11.5.